The maximum absolute atomic E-state index is 4.08. The molecular formula is C5H11N2. The van der Waals surface area contributed by atoms with Gasteiger partial charge in [-0.15, -0.1) is 0 Å². The van der Waals surface area contributed by atoms with E-state index in [0.29, 0.717) is 0 Å². The van der Waals surface area contributed by atoms with E-state index in [1.165, 1.54) is 0 Å². The first-order valence-corrected chi connectivity index (χ1v) is 2.60. The Bertz CT molecular complexity index is 57.1. The van der Waals surface area contributed by atoms with Gasteiger partial charge in [-0.25, -0.2) is 5.32 Å². The molecule has 1 saturated heterocycles. The van der Waals surface area contributed by atoms with E-state index in [1.807, 2.05) is 0 Å². The van der Waals surface area contributed by atoms with E-state index in [1.54, 1.807) is 0 Å². The van der Waals surface area contributed by atoms with Crippen LogP contribution in [-0.2, 0) is 0 Å². The first-order valence-electron chi connectivity index (χ1n) is 2.60. The van der Waals surface area contributed by atoms with E-state index >= 15 is 0 Å². The first-order chi connectivity index (χ1) is 3.30. The molecule has 2 heteroatoms. The molecule has 0 amide bonds. The normalized spacial score (nSPS) is 22.7. The minimum atomic E-state index is 0.750. The molecule has 1 radical (unpaired) electrons. The molecule has 0 saturated carbocycles. The van der Waals surface area contributed by atoms with Crippen LogP contribution in [0.5, 0.6) is 0 Å². The Balaban J connectivity index is 2.14. The van der Waals surface area contributed by atoms with Gasteiger partial charge in [-0.1, -0.05) is 0 Å². The monoisotopic (exact) mass is 99.1 g/mol. The quantitative estimate of drug-likeness (QED) is 0.434. The summed E-state index contributed by atoms with van der Waals surface area (Å²) >= 11 is 0. The van der Waals surface area contributed by atoms with Gasteiger partial charge in [0.15, 0.2) is 0 Å². The highest BCUT2D eigenvalue weighted by Gasteiger charge is 2.18. The standard InChI is InChI=1S/C5H11N2/c1-7(2)5-3-6-4-5/h5H,3-4H2,1-2H3. The Hall–Kier alpha value is -0.0800. The van der Waals surface area contributed by atoms with Gasteiger partial charge < -0.3 is 4.90 Å². The molecule has 7 heavy (non-hydrogen) atoms. The summed E-state index contributed by atoms with van der Waals surface area (Å²) in [5, 5.41) is 4.08. The molecule has 1 aliphatic rings. The molecule has 0 aromatic heterocycles. The summed E-state index contributed by atoms with van der Waals surface area (Å²) in [4.78, 5) is 2.22. The van der Waals surface area contributed by atoms with Crippen LogP contribution in [0.1, 0.15) is 0 Å². The zero-order valence-corrected chi connectivity index (χ0v) is 4.89. The van der Waals surface area contributed by atoms with Crippen molar-refractivity contribution in [2.24, 2.45) is 0 Å². The predicted octanol–water partition coefficient (Wildman–Crippen LogP) is -0.465. The lowest BCUT2D eigenvalue weighted by Gasteiger charge is -2.31. The smallest absolute Gasteiger partial charge is 0.0372 e. The van der Waals surface area contributed by atoms with Crippen molar-refractivity contribution in [1.29, 1.82) is 0 Å². The molecule has 1 aliphatic heterocycles. The maximum atomic E-state index is 4.08. The topological polar surface area (TPSA) is 17.3 Å². The van der Waals surface area contributed by atoms with E-state index < -0.39 is 0 Å². The van der Waals surface area contributed by atoms with E-state index in [0.717, 1.165) is 19.1 Å². The molecule has 2 nitrogen and oxygen atoms in total. The molecule has 0 unspecified atom stereocenters. The summed E-state index contributed by atoms with van der Waals surface area (Å²) in [6.07, 6.45) is 0. The van der Waals surface area contributed by atoms with Gasteiger partial charge in [0.05, 0.1) is 0 Å². The molecule has 1 fully saturated rings. The van der Waals surface area contributed by atoms with Gasteiger partial charge in [-0.2, -0.15) is 0 Å². The second-order valence-corrected chi connectivity index (χ2v) is 2.21. The lowest BCUT2D eigenvalue weighted by Crippen LogP contribution is -2.50. The van der Waals surface area contributed by atoms with Crippen molar-refractivity contribution in [3.63, 3.8) is 0 Å². The van der Waals surface area contributed by atoms with Crippen LogP contribution in [-0.4, -0.2) is 38.1 Å². The Labute approximate surface area is 44.5 Å². The zero-order chi connectivity index (χ0) is 5.28. The fourth-order valence-electron chi connectivity index (χ4n) is 0.571. The van der Waals surface area contributed by atoms with Gasteiger partial charge in [-0.05, 0) is 14.1 Å². The fourth-order valence-corrected chi connectivity index (χ4v) is 0.571. The molecular weight excluding hydrogens is 88.1 g/mol. The predicted molar refractivity (Wildman–Crippen MR) is 29.3 cm³/mol. The van der Waals surface area contributed by atoms with Crippen molar-refractivity contribution >= 4 is 0 Å². The van der Waals surface area contributed by atoms with Gasteiger partial charge in [0.25, 0.3) is 0 Å². The van der Waals surface area contributed by atoms with Gasteiger partial charge >= 0.3 is 0 Å². The second kappa shape index (κ2) is 1.80. The number of nitrogens with zero attached hydrogens (tertiary/aromatic N) is 2. The number of hydrogen-bond acceptors (Lipinski definition) is 1. The van der Waals surface area contributed by atoms with E-state index in [2.05, 4.69) is 24.3 Å². The lowest BCUT2D eigenvalue weighted by molar-refractivity contribution is 0.212. The maximum Gasteiger partial charge on any atom is 0.0372 e. The van der Waals surface area contributed by atoms with Gasteiger partial charge in [-0.3, -0.25) is 0 Å². The van der Waals surface area contributed by atoms with Crippen molar-refractivity contribution < 1.29 is 0 Å². The van der Waals surface area contributed by atoms with Crippen LogP contribution in [0.25, 0.3) is 0 Å². The van der Waals surface area contributed by atoms with Crippen LogP contribution in [0.4, 0.5) is 0 Å². The van der Waals surface area contributed by atoms with Crippen LogP contribution in [0.3, 0.4) is 0 Å². The Kier molecular flexibility index (Phi) is 1.30. The minimum absolute atomic E-state index is 0.750. The number of rotatable bonds is 1. The molecule has 0 bridgehead atoms. The van der Waals surface area contributed by atoms with Crippen LogP contribution in [0.2, 0.25) is 0 Å². The van der Waals surface area contributed by atoms with Gasteiger partial charge in [0, 0.05) is 19.1 Å². The summed E-state index contributed by atoms with van der Waals surface area (Å²) in [5.74, 6) is 0. The van der Waals surface area contributed by atoms with Crippen LogP contribution >= 0.6 is 0 Å². The fraction of sp³-hybridized carbons (Fsp3) is 1.00. The molecule has 0 aromatic carbocycles. The third kappa shape index (κ3) is 0.924. The zero-order valence-electron chi connectivity index (χ0n) is 4.89. The Morgan fingerprint density at radius 1 is 1.43 bits per heavy atom. The molecule has 0 aromatic rings. The molecule has 41 valence electrons. The largest absolute Gasteiger partial charge is 0.304 e. The third-order valence-corrected chi connectivity index (χ3v) is 1.41. The summed E-state index contributed by atoms with van der Waals surface area (Å²) in [6, 6.07) is 0.750. The molecule has 0 spiro atoms. The van der Waals surface area contributed by atoms with Crippen molar-refractivity contribution in [2.45, 2.75) is 6.04 Å². The van der Waals surface area contributed by atoms with Crippen LogP contribution < -0.4 is 5.32 Å². The Morgan fingerprint density at radius 3 is 2.00 bits per heavy atom. The molecule has 0 atom stereocenters. The van der Waals surface area contributed by atoms with Crippen molar-refractivity contribution in [1.82, 2.24) is 10.2 Å². The molecule has 0 N–H and O–H groups in total. The van der Waals surface area contributed by atoms with E-state index in [4.69, 9.17) is 0 Å². The Morgan fingerprint density at radius 2 is 2.00 bits per heavy atom. The molecule has 0 aliphatic carbocycles. The first kappa shape index (κ1) is 5.06. The van der Waals surface area contributed by atoms with Crippen molar-refractivity contribution in [3.8, 4) is 0 Å². The minimum Gasteiger partial charge on any atom is -0.304 e. The number of likely N-dealkylation sites (N-methyl/N-ethyl adjacent to an activating group) is 1. The summed E-state index contributed by atoms with van der Waals surface area (Å²) in [7, 11) is 4.19. The third-order valence-electron chi connectivity index (χ3n) is 1.41. The average Bonchev–Trinajstić information content (AvgIpc) is 1.23. The van der Waals surface area contributed by atoms with Gasteiger partial charge in [0.1, 0.15) is 0 Å². The average molecular weight is 99.2 g/mol. The lowest BCUT2D eigenvalue weighted by atomic mass is 10.2. The highest BCUT2D eigenvalue weighted by atomic mass is 15.2. The van der Waals surface area contributed by atoms with Crippen molar-refractivity contribution in [2.75, 3.05) is 27.2 Å². The van der Waals surface area contributed by atoms with Crippen molar-refractivity contribution in [3.05, 3.63) is 0 Å². The highest BCUT2D eigenvalue weighted by Crippen LogP contribution is 1.98. The highest BCUT2D eigenvalue weighted by molar-refractivity contribution is 4.79. The van der Waals surface area contributed by atoms with E-state index in [9.17, 15) is 0 Å². The van der Waals surface area contributed by atoms with Crippen LogP contribution in [0, 0.1) is 0 Å². The van der Waals surface area contributed by atoms with Gasteiger partial charge in [0.2, 0.25) is 0 Å². The SMILES string of the molecule is CN(C)C1C[N]C1. The number of hydrogen-bond donors (Lipinski definition) is 0. The molecule has 1 heterocycles. The second-order valence-electron chi connectivity index (χ2n) is 2.21. The summed E-state index contributed by atoms with van der Waals surface area (Å²) in [6.45, 7) is 2.10. The molecule has 1 rings (SSSR count). The van der Waals surface area contributed by atoms with Crippen LogP contribution in [0.15, 0.2) is 0 Å². The summed E-state index contributed by atoms with van der Waals surface area (Å²) < 4.78 is 0. The summed E-state index contributed by atoms with van der Waals surface area (Å²) in [5.41, 5.74) is 0. The van der Waals surface area contributed by atoms with E-state index in [-0.39, 0.29) is 0 Å².